The summed E-state index contributed by atoms with van der Waals surface area (Å²) in [6.07, 6.45) is 6.57. The number of hydrogen-bond donors (Lipinski definition) is 1. The van der Waals surface area contributed by atoms with Crippen LogP contribution in [0.5, 0.6) is 0 Å². The molecule has 4 aromatic rings. The molecule has 1 atom stereocenters. The fraction of sp³-hybridized carbons (Fsp3) is 0.419. The number of hydrogen-bond acceptors (Lipinski definition) is 6. The van der Waals surface area contributed by atoms with Crippen LogP contribution in [0, 0.1) is 11.3 Å². The Labute approximate surface area is 228 Å². The van der Waals surface area contributed by atoms with E-state index in [1.807, 2.05) is 57.6 Å². The third kappa shape index (κ3) is 5.65. The van der Waals surface area contributed by atoms with Gasteiger partial charge in [-0.2, -0.15) is 15.3 Å². The second kappa shape index (κ2) is 11.9. The molecular weight excluding hydrogens is 490 g/mol. The molecule has 39 heavy (non-hydrogen) atoms. The molecule has 0 aliphatic heterocycles. The normalized spacial score (nSPS) is 18.2. The highest BCUT2D eigenvalue weighted by molar-refractivity contribution is 5.70. The van der Waals surface area contributed by atoms with Crippen molar-refractivity contribution in [1.29, 1.82) is 5.26 Å². The maximum absolute atomic E-state index is 14.1. The summed E-state index contributed by atoms with van der Waals surface area (Å²) in [5.41, 5.74) is 5.23. The summed E-state index contributed by atoms with van der Waals surface area (Å²) in [6.45, 7) is 4.17. The molecule has 0 bridgehead atoms. The van der Waals surface area contributed by atoms with E-state index in [0.717, 1.165) is 66.5 Å². The molecule has 1 unspecified atom stereocenters. The van der Waals surface area contributed by atoms with Crippen LogP contribution >= 0.6 is 0 Å². The van der Waals surface area contributed by atoms with Gasteiger partial charge in [0.1, 0.15) is 6.33 Å². The van der Waals surface area contributed by atoms with Crippen molar-refractivity contribution in [3.05, 3.63) is 87.6 Å². The summed E-state index contributed by atoms with van der Waals surface area (Å²) >= 11 is 0. The van der Waals surface area contributed by atoms with E-state index in [1.165, 1.54) is 6.33 Å². The van der Waals surface area contributed by atoms with E-state index in [-0.39, 0.29) is 17.7 Å². The average Bonchev–Trinajstić information content (AvgIpc) is 3.44. The number of benzene rings is 2. The summed E-state index contributed by atoms with van der Waals surface area (Å²) in [7, 11) is 0. The standard InChI is InChI=1S/C31H35N5O3/c1-3-6-29-28(17-22-9-11-23(12-10-22)27-8-5-4-7-24(27)18-32)30(38)35(31-33-20-34-36(29)31)25-13-15-26(16-14-25)39-19-21(2)37/h4-5,7-12,20-21,25-26,37H,3,6,13-17,19H2,1-2H3. The molecule has 2 aromatic carbocycles. The molecular formula is C31H35N5O3. The number of aromatic nitrogens is 4. The molecule has 1 saturated carbocycles. The van der Waals surface area contributed by atoms with Crippen molar-refractivity contribution < 1.29 is 9.84 Å². The molecule has 1 fully saturated rings. The monoisotopic (exact) mass is 525 g/mol. The predicted molar refractivity (Wildman–Crippen MR) is 150 cm³/mol. The van der Waals surface area contributed by atoms with Crippen LogP contribution in [0.25, 0.3) is 16.9 Å². The Morgan fingerprint density at radius 3 is 2.56 bits per heavy atom. The van der Waals surface area contributed by atoms with Gasteiger partial charge in [0.25, 0.3) is 5.56 Å². The van der Waals surface area contributed by atoms with Crippen molar-refractivity contribution in [2.24, 2.45) is 0 Å². The van der Waals surface area contributed by atoms with Crippen molar-refractivity contribution in [2.75, 3.05) is 6.61 Å². The molecule has 0 amide bonds. The van der Waals surface area contributed by atoms with Crippen LogP contribution in [0.1, 0.15) is 74.4 Å². The van der Waals surface area contributed by atoms with Crippen LogP contribution in [0.3, 0.4) is 0 Å². The van der Waals surface area contributed by atoms with E-state index >= 15 is 0 Å². The van der Waals surface area contributed by atoms with Gasteiger partial charge < -0.3 is 9.84 Å². The van der Waals surface area contributed by atoms with Crippen molar-refractivity contribution in [3.63, 3.8) is 0 Å². The fourth-order valence-electron chi connectivity index (χ4n) is 5.66. The number of aryl methyl sites for hydroxylation is 1. The lowest BCUT2D eigenvalue weighted by Crippen LogP contribution is -2.35. The van der Waals surface area contributed by atoms with Crippen LogP contribution < -0.4 is 5.56 Å². The Balaban J connectivity index is 1.47. The average molecular weight is 526 g/mol. The summed E-state index contributed by atoms with van der Waals surface area (Å²) in [4.78, 5) is 18.6. The molecule has 0 spiro atoms. The highest BCUT2D eigenvalue weighted by Gasteiger charge is 2.28. The molecule has 1 aliphatic carbocycles. The van der Waals surface area contributed by atoms with E-state index in [1.54, 1.807) is 6.92 Å². The zero-order valence-corrected chi connectivity index (χ0v) is 22.6. The number of aliphatic hydroxyl groups excluding tert-OH is 1. The van der Waals surface area contributed by atoms with Gasteiger partial charge in [-0.15, -0.1) is 0 Å². The molecule has 0 radical (unpaired) electrons. The van der Waals surface area contributed by atoms with Gasteiger partial charge in [-0.05, 0) is 61.8 Å². The lowest BCUT2D eigenvalue weighted by molar-refractivity contribution is -0.0232. The minimum absolute atomic E-state index is 0.00574. The highest BCUT2D eigenvalue weighted by atomic mass is 16.5. The predicted octanol–water partition coefficient (Wildman–Crippen LogP) is 4.85. The van der Waals surface area contributed by atoms with Crippen molar-refractivity contribution in [2.45, 2.75) is 77.0 Å². The Morgan fingerprint density at radius 1 is 1.13 bits per heavy atom. The number of aliphatic hydroxyl groups is 1. The molecule has 8 nitrogen and oxygen atoms in total. The molecule has 2 heterocycles. The smallest absolute Gasteiger partial charge is 0.259 e. The Hall–Kier alpha value is -3.80. The quantitative estimate of drug-likeness (QED) is 0.335. The zero-order valence-electron chi connectivity index (χ0n) is 22.6. The lowest BCUT2D eigenvalue weighted by Gasteiger charge is -2.30. The number of fused-ring (bicyclic) bond motifs is 1. The van der Waals surface area contributed by atoms with Gasteiger partial charge in [-0.25, -0.2) is 4.52 Å². The topological polar surface area (TPSA) is 105 Å². The lowest BCUT2D eigenvalue weighted by atomic mass is 9.92. The second-order valence-electron chi connectivity index (χ2n) is 10.5. The SMILES string of the molecule is CCCc1c(Cc2ccc(-c3ccccc3C#N)cc2)c(=O)n(C2CCC(OCC(C)O)CC2)c2ncnn12. The Bertz CT molecular complexity index is 1520. The first-order valence-electron chi connectivity index (χ1n) is 13.8. The summed E-state index contributed by atoms with van der Waals surface area (Å²) < 4.78 is 9.56. The molecule has 0 saturated heterocycles. The van der Waals surface area contributed by atoms with Crippen LogP contribution in [0.15, 0.2) is 59.7 Å². The first-order chi connectivity index (χ1) is 19.0. The minimum Gasteiger partial charge on any atom is -0.391 e. The second-order valence-corrected chi connectivity index (χ2v) is 10.5. The summed E-state index contributed by atoms with van der Waals surface area (Å²) in [5, 5.41) is 23.6. The van der Waals surface area contributed by atoms with Gasteiger partial charge in [0.2, 0.25) is 5.78 Å². The van der Waals surface area contributed by atoms with E-state index < -0.39 is 6.10 Å². The Morgan fingerprint density at radius 2 is 1.87 bits per heavy atom. The van der Waals surface area contributed by atoms with Gasteiger partial charge >= 0.3 is 0 Å². The molecule has 202 valence electrons. The maximum Gasteiger partial charge on any atom is 0.259 e. The van der Waals surface area contributed by atoms with Gasteiger partial charge in [0, 0.05) is 18.0 Å². The summed E-state index contributed by atoms with van der Waals surface area (Å²) in [6, 6.07) is 18.0. The zero-order chi connectivity index (χ0) is 27.4. The first kappa shape index (κ1) is 26.8. The van der Waals surface area contributed by atoms with Crippen molar-refractivity contribution in [1.82, 2.24) is 19.2 Å². The van der Waals surface area contributed by atoms with E-state index in [2.05, 4.69) is 23.1 Å². The molecule has 8 heteroatoms. The van der Waals surface area contributed by atoms with Gasteiger partial charge in [0.15, 0.2) is 0 Å². The third-order valence-electron chi connectivity index (χ3n) is 7.59. The number of nitrogens with zero attached hydrogens (tertiary/aromatic N) is 5. The maximum atomic E-state index is 14.1. The number of nitriles is 1. The van der Waals surface area contributed by atoms with Crippen LogP contribution in [-0.2, 0) is 17.6 Å². The minimum atomic E-state index is -0.482. The molecule has 2 aromatic heterocycles. The van der Waals surface area contributed by atoms with Crippen molar-refractivity contribution in [3.8, 4) is 17.2 Å². The Kier molecular flexibility index (Phi) is 8.20. The van der Waals surface area contributed by atoms with Gasteiger partial charge in [-0.1, -0.05) is 55.8 Å². The molecule has 5 rings (SSSR count). The molecule has 1 N–H and O–H groups in total. The number of ether oxygens (including phenoxy) is 1. The third-order valence-corrected chi connectivity index (χ3v) is 7.59. The van der Waals surface area contributed by atoms with Crippen LogP contribution in [0.2, 0.25) is 0 Å². The van der Waals surface area contributed by atoms with Crippen LogP contribution in [-0.4, -0.2) is 43.1 Å². The van der Waals surface area contributed by atoms with Gasteiger partial charge in [0.05, 0.1) is 36.1 Å². The van der Waals surface area contributed by atoms with E-state index in [4.69, 9.17) is 4.74 Å². The van der Waals surface area contributed by atoms with Crippen LogP contribution in [0.4, 0.5) is 0 Å². The molecule has 1 aliphatic rings. The largest absolute Gasteiger partial charge is 0.391 e. The number of rotatable bonds is 9. The van der Waals surface area contributed by atoms with Gasteiger partial charge in [-0.3, -0.25) is 9.36 Å². The highest BCUT2D eigenvalue weighted by Crippen LogP contribution is 2.31. The summed E-state index contributed by atoms with van der Waals surface area (Å²) in [5.74, 6) is 0.601. The van der Waals surface area contributed by atoms with Crippen molar-refractivity contribution >= 4 is 5.78 Å². The van der Waals surface area contributed by atoms with E-state index in [0.29, 0.717) is 24.4 Å². The fourth-order valence-corrected chi connectivity index (χ4v) is 5.66. The first-order valence-corrected chi connectivity index (χ1v) is 13.8. The van der Waals surface area contributed by atoms with E-state index in [9.17, 15) is 15.2 Å².